The minimum atomic E-state index is -0.0550. The van der Waals surface area contributed by atoms with E-state index in [1.54, 1.807) is 11.3 Å². The second kappa shape index (κ2) is 4.09. The van der Waals surface area contributed by atoms with Crippen molar-refractivity contribution in [2.45, 2.75) is 46.1 Å². The van der Waals surface area contributed by atoms with Gasteiger partial charge in [-0.25, -0.2) is 4.98 Å². The van der Waals surface area contributed by atoms with Crippen LogP contribution in [-0.2, 0) is 0 Å². The van der Waals surface area contributed by atoms with Crippen LogP contribution in [0.1, 0.15) is 38.6 Å². The quantitative estimate of drug-likeness (QED) is 0.741. The van der Waals surface area contributed by atoms with Crippen LogP contribution in [0, 0.1) is 6.92 Å². The maximum Gasteiger partial charge on any atom is 0.225 e. The van der Waals surface area contributed by atoms with E-state index in [1.165, 1.54) is 0 Å². The van der Waals surface area contributed by atoms with Crippen LogP contribution in [0.25, 0.3) is 0 Å². The Morgan fingerprint density at radius 1 is 1.46 bits per heavy atom. The number of aromatic nitrogens is 1. The van der Waals surface area contributed by atoms with Gasteiger partial charge in [0, 0.05) is 0 Å². The van der Waals surface area contributed by atoms with E-state index in [9.17, 15) is 0 Å². The Bertz CT molecular complexity index is 266. The minimum Gasteiger partial charge on any atom is -0.471 e. The van der Waals surface area contributed by atoms with E-state index in [2.05, 4.69) is 25.8 Å². The van der Waals surface area contributed by atoms with Crippen molar-refractivity contribution in [1.29, 1.82) is 0 Å². The average molecular weight is 199 g/mol. The number of rotatable bonds is 4. The SMILES string of the molecule is CCC(C)(CC)Oc1csc(C)n1. The summed E-state index contributed by atoms with van der Waals surface area (Å²) in [5, 5.41) is 3.03. The Balaban J connectivity index is 2.67. The van der Waals surface area contributed by atoms with Crippen molar-refractivity contribution >= 4 is 11.3 Å². The highest BCUT2D eigenvalue weighted by Gasteiger charge is 2.22. The highest BCUT2D eigenvalue weighted by Crippen LogP contribution is 2.24. The number of hydrogen-bond acceptors (Lipinski definition) is 3. The Kier molecular flexibility index (Phi) is 3.31. The van der Waals surface area contributed by atoms with Gasteiger partial charge in [-0.15, -0.1) is 11.3 Å². The molecule has 3 heteroatoms. The third kappa shape index (κ3) is 2.69. The summed E-state index contributed by atoms with van der Waals surface area (Å²) in [6, 6.07) is 0. The number of ether oxygens (including phenoxy) is 1. The van der Waals surface area contributed by atoms with Gasteiger partial charge in [-0.2, -0.15) is 0 Å². The van der Waals surface area contributed by atoms with Crippen molar-refractivity contribution < 1.29 is 4.74 Å². The first kappa shape index (κ1) is 10.5. The zero-order valence-corrected chi connectivity index (χ0v) is 9.57. The Hall–Kier alpha value is -0.570. The van der Waals surface area contributed by atoms with Gasteiger partial charge in [0.25, 0.3) is 0 Å². The predicted octanol–water partition coefficient (Wildman–Crippen LogP) is 3.41. The zero-order valence-electron chi connectivity index (χ0n) is 8.76. The summed E-state index contributed by atoms with van der Waals surface area (Å²) in [6.07, 6.45) is 2.03. The molecule has 1 aromatic rings. The lowest BCUT2D eigenvalue weighted by molar-refractivity contribution is 0.0754. The van der Waals surface area contributed by atoms with Crippen LogP contribution < -0.4 is 4.74 Å². The fourth-order valence-electron chi connectivity index (χ4n) is 1.04. The molecule has 0 unspecified atom stereocenters. The molecule has 0 N–H and O–H groups in total. The van der Waals surface area contributed by atoms with E-state index in [0.29, 0.717) is 0 Å². The molecule has 0 aliphatic carbocycles. The lowest BCUT2D eigenvalue weighted by atomic mass is 10.0. The van der Waals surface area contributed by atoms with Crippen LogP contribution in [0.2, 0.25) is 0 Å². The van der Waals surface area contributed by atoms with Crippen LogP contribution in [0.5, 0.6) is 5.88 Å². The van der Waals surface area contributed by atoms with Gasteiger partial charge in [-0.3, -0.25) is 0 Å². The molecular formula is C10H17NOS. The van der Waals surface area contributed by atoms with E-state index in [-0.39, 0.29) is 5.60 Å². The summed E-state index contributed by atoms with van der Waals surface area (Å²) in [7, 11) is 0. The smallest absolute Gasteiger partial charge is 0.225 e. The van der Waals surface area contributed by atoms with Gasteiger partial charge in [0.1, 0.15) is 5.60 Å². The highest BCUT2D eigenvalue weighted by molar-refractivity contribution is 7.09. The summed E-state index contributed by atoms with van der Waals surface area (Å²) >= 11 is 1.63. The molecular weight excluding hydrogens is 182 g/mol. The summed E-state index contributed by atoms with van der Waals surface area (Å²) in [5.41, 5.74) is -0.0550. The third-order valence-corrected chi connectivity index (χ3v) is 3.20. The second-order valence-corrected chi connectivity index (χ2v) is 4.53. The van der Waals surface area contributed by atoms with Gasteiger partial charge < -0.3 is 4.74 Å². The Morgan fingerprint density at radius 2 is 2.08 bits per heavy atom. The molecule has 13 heavy (non-hydrogen) atoms. The molecule has 0 bridgehead atoms. The molecule has 0 atom stereocenters. The first-order chi connectivity index (χ1) is 6.09. The number of nitrogens with zero attached hydrogens (tertiary/aromatic N) is 1. The fraction of sp³-hybridized carbons (Fsp3) is 0.700. The van der Waals surface area contributed by atoms with Crippen molar-refractivity contribution in [3.8, 4) is 5.88 Å². The van der Waals surface area contributed by atoms with Crippen molar-refractivity contribution in [2.75, 3.05) is 0 Å². The molecule has 74 valence electrons. The molecule has 0 aliphatic heterocycles. The van der Waals surface area contributed by atoms with Gasteiger partial charge in [0.2, 0.25) is 5.88 Å². The molecule has 0 spiro atoms. The monoisotopic (exact) mass is 199 g/mol. The Labute approximate surface area is 84.0 Å². The van der Waals surface area contributed by atoms with Crippen molar-refractivity contribution in [3.63, 3.8) is 0 Å². The summed E-state index contributed by atoms with van der Waals surface area (Å²) in [6.45, 7) is 8.40. The van der Waals surface area contributed by atoms with Crippen LogP contribution in [0.15, 0.2) is 5.38 Å². The van der Waals surface area contributed by atoms with Crippen LogP contribution >= 0.6 is 11.3 Å². The van der Waals surface area contributed by atoms with Gasteiger partial charge in [0.15, 0.2) is 0 Å². The molecule has 0 saturated carbocycles. The molecule has 1 aromatic heterocycles. The number of hydrogen-bond donors (Lipinski definition) is 0. The van der Waals surface area contributed by atoms with Gasteiger partial charge in [-0.05, 0) is 26.7 Å². The van der Waals surface area contributed by atoms with E-state index < -0.39 is 0 Å². The Morgan fingerprint density at radius 3 is 2.46 bits per heavy atom. The van der Waals surface area contributed by atoms with E-state index in [0.717, 1.165) is 23.7 Å². The van der Waals surface area contributed by atoms with Gasteiger partial charge >= 0.3 is 0 Å². The molecule has 0 radical (unpaired) electrons. The molecule has 2 nitrogen and oxygen atoms in total. The topological polar surface area (TPSA) is 22.1 Å². The van der Waals surface area contributed by atoms with Crippen LogP contribution in [0.4, 0.5) is 0 Å². The molecule has 1 rings (SSSR count). The largest absolute Gasteiger partial charge is 0.471 e. The van der Waals surface area contributed by atoms with Crippen LogP contribution in [0.3, 0.4) is 0 Å². The van der Waals surface area contributed by atoms with Crippen LogP contribution in [-0.4, -0.2) is 10.6 Å². The normalized spacial score (nSPS) is 11.7. The second-order valence-electron chi connectivity index (χ2n) is 3.46. The zero-order chi connectivity index (χ0) is 9.90. The summed E-state index contributed by atoms with van der Waals surface area (Å²) < 4.78 is 5.82. The fourth-order valence-corrected chi connectivity index (χ4v) is 1.55. The van der Waals surface area contributed by atoms with E-state index >= 15 is 0 Å². The minimum absolute atomic E-state index is 0.0550. The molecule has 0 aliphatic rings. The summed E-state index contributed by atoms with van der Waals surface area (Å²) in [4.78, 5) is 4.29. The van der Waals surface area contributed by atoms with Gasteiger partial charge in [-0.1, -0.05) is 13.8 Å². The van der Waals surface area contributed by atoms with Crippen molar-refractivity contribution in [2.24, 2.45) is 0 Å². The molecule has 0 saturated heterocycles. The molecule has 0 aromatic carbocycles. The maximum atomic E-state index is 5.82. The lowest BCUT2D eigenvalue weighted by Gasteiger charge is -2.26. The predicted molar refractivity (Wildman–Crippen MR) is 56.5 cm³/mol. The summed E-state index contributed by atoms with van der Waals surface area (Å²) in [5.74, 6) is 0.772. The standard InChI is InChI=1S/C10H17NOS/c1-5-10(4,6-2)12-9-7-13-8(3)11-9/h7H,5-6H2,1-4H3. The third-order valence-electron chi connectivity index (χ3n) is 2.44. The molecule has 0 amide bonds. The number of thiazole rings is 1. The van der Waals surface area contributed by atoms with E-state index in [4.69, 9.17) is 4.74 Å². The number of aryl methyl sites for hydroxylation is 1. The highest BCUT2D eigenvalue weighted by atomic mass is 32.1. The average Bonchev–Trinajstić information content (AvgIpc) is 2.51. The molecule has 0 fully saturated rings. The molecule has 1 heterocycles. The first-order valence-electron chi connectivity index (χ1n) is 4.71. The van der Waals surface area contributed by atoms with Gasteiger partial charge in [0.05, 0.1) is 10.4 Å². The first-order valence-corrected chi connectivity index (χ1v) is 5.58. The van der Waals surface area contributed by atoms with Crippen molar-refractivity contribution in [1.82, 2.24) is 4.98 Å². The van der Waals surface area contributed by atoms with Crippen molar-refractivity contribution in [3.05, 3.63) is 10.4 Å². The lowest BCUT2D eigenvalue weighted by Crippen LogP contribution is -2.30. The maximum absolute atomic E-state index is 5.82. The van der Waals surface area contributed by atoms with E-state index in [1.807, 2.05) is 12.3 Å².